The summed E-state index contributed by atoms with van der Waals surface area (Å²) < 4.78 is 0. The smallest absolute Gasteiger partial charge is 0.179 e. The second-order valence-electron chi connectivity index (χ2n) is 6.15. The summed E-state index contributed by atoms with van der Waals surface area (Å²) in [5.41, 5.74) is 0.466. The van der Waals surface area contributed by atoms with Crippen LogP contribution in [0.2, 0.25) is 0 Å². The fourth-order valence-electron chi connectivity index (χ4n) is 1.81. The number of hydrogen-bond acceptors (Lipinski definition) is 5. The molecule has 5 heteroatoms. The molecule has 0 saturated carbocycles. The van der Waals surface area contributed by atoms with Crippen molar-refractivity contribution in [3.8, 4) is 0 Å². The molecule has 1 aliphatic rings. The molecular weight excluding hydrogens is 256 g/mol. The molecule has 0 unspecified atom stereocenters. The van der Waals surface area contributed by atoms with Crippen LogP contribution in [-0.2, 0) is 4.79 Å². The van der Waals surface area contributed by atoms with Crippen LogP contribution in [0.15, 0.2) is 40.2 Å². The van der Waals surface area contributed by atoms with Crippen molar-refractivity contribution in [1.82, 2.24) is 5.06 Å². The van der Waals surface area contributed by atoms with Gasteiger partial charge in [-0.25, -0.2) is 0 Å². The average molecular weight is 278 g/mol. The maximum Gasteiger partial charge on any atom is 0.179 e. The molecule has 0 amide bonds. The summed E-state index contributed by atoms with van der Waals surface area (Å²) in [5.74, 6) is -0.0595. The van der Waals surface area contributed by atoms with Gasteiger partial charge in [-0.3, -0.25) is 15.1 Å². The van der Waals surface area contributed by atoms with E-state index in [4.69, 9.17) is 0 Å². The fraction of sp³-hybridized carbons (Fsp3) is 0.533. The van der Waals surface area contributed by atoms with E-state index in [1.807, 2.05) is 13.8 Å². The van der Waals surface area contributed by atoms with Gasteiger partial charge >= 0.3 is 0 Å². The maximum absolute atomic E-state index is 11.4. The van der Waals surface area contributed by atoms with Crippen LogP contribution in [0.1, 0.15) is 41.5 Å². The van der Waals surface area contributed by atoms with Gasteiger partial charge in [0.05, 0.1) is 5.54 Å². The van der Waals surface area contributed by atoms with Gasteiger partial charge in [-0.15, -0.1) is 0 Å². The third kappa shape index (κ3) is 2.88. The molecule has 1 aliphatic carbocycles. The summed E-state index contributed by atoms with van der Waals surface area (Å²) in [5, 5.41) is 14.4. The van der Waals surface area contributed by atoms with Crippen molar-refractivity contribution >= 4 is 5.78 Å². The molecule has 0 bridgehead atoms. The Hall–Kier alpha value is -1.75. The average Bonchev–Trinajstić information content (AvgIpc) is 2.32. The SMILES string of the molecule is CC1=CC(=O)C=C(C)C1=CN(O)C(C)(C)C(C)(C)N=O. The second kappa shape index (κ2) is 5.32. The molecule has 0 aromatic rings. The van der Waals surface area contributed by atoms with Crippen LogP contribution in [0, 0.1) is 4.91 Å². The highest BCUT2D eigenvalue weighted by molar-refractivity contribution is 6.03. The van der Waals surface area contributed by atoms with Gasteiger partial charge in [-0.1, -0.05) is 5.18 Å². The molecule has 5 nitrogen and oxygen atoms in total. The first-order chi connectivity index (χ1) is 9.02. The molecule has 1 rings (SSSR count). The van der Waals surface area contributed by atoms with Gasteiger partial charge in [0.2, 0.25) is 0 Å². The Bertz CT molecular complexity index is 501. The normalized spacial score (nSPS) is 16.6. The lowest BCUT2D eigenvalue weighted by Crippen LogP contribution is -2.53. The minimum absolute atomic E-state index is 0.0595. The first kappa shape index (κ1) is 16.3. The minimum Gasteiger partial charge on any atom is -0.290 e. The number of nitroso groups, excluding NO2 is 1. The molecule has 0 saturated heterocycles. The molecule has 0 aromatic carbocycles. The highest BCUT2D eigenvalue weighted by Crippen LogP contribution is 2.32. The van der Waals surface area contributed by atoms with E-state index < -0.39 is 11.1 Å². The van der Waals surface area contributed by atoms with Crippen molar-refractivity contribution in [2.45, 2.75) is 52.6 Å². The number of allylic oxidation sites excluding steroid dienone is 5. The van der Waals surface area contributed by atoms with Crippen LogP contribution in [-0.4, -0.2) is 27.1 Å². The van der Waals surface area contributed by atoms with E-state index in [2.05, 4.69) is 5.18 Å². The van der Waals surface area contributed by atoms with Crippen LogP contribution >= 0.6 is 0 Å². The zero-order valence-corrected chi connectivity index (χ0v) is 12.9. The third-order valence-corrected chi connectivity index (χ3v) is 4.12. The summed E-state index contributed by atoms with van der Waals surface area (Å²) in [7, 11) is 0. The van der Waals surface area contributed by atoms with Gasteiger partial charge in [0.1, 0.15) is 5.54 Å². The van der Waals surface area contributed by atoms with Crippen LogP contribution in [0.25, 0.3) is 0 Å². The molecule has 0 spiro atoms. The van der Waals surface area contributed by atoms with Gasteiger partial charge in [0.15, 0.2) is 5.78 Å². The summed E-state index contributed by atoms with van der Waals surface area (Å²) in [4.78, 5) is 22.4. The van der Waals surface area contributed by atoms with E-state index >= 15 is 0 Å². The first-order valence-electron chi connectivity index (χ1n) is 6.49. The topological polar surface area (TPSA) is 70.0 Å². The van der Waals surface area contributed by atoms with Crippen molar-refractivity contribution in [2.24, 2.45) is 5.18 Å². The highest BCUT2D eigenvalue weighted by atomic mass is 16.5. The molecule has 0 fully saturated rings. The Kier molecular flexibility index (Phi) is 4.34. The van der Waals surface area contributed by atoms with E-state index in [0.29, 0.717) is 0 Å². The van der Waals surface area contributed by atoms with E-state index in [-0.39, 0.29) is 5.78 Å². The van der Waals surface area contributed by atoms with Crippen LogP contribution in [0.4, 0.5) is 0 Å². The predicted octanol–water partition coefficient (Wildman–Crippen LogP) is 3.36. The maximum atomic E-state index is 11.4. The summed E-state index contributed by atoms with van der Waals surface area (Å²) >= 11 is 0. The fourth-order valence-corrected chi connectivity index (χ4v) is 1.81. The summed E-state index contributed by atoms with van der Waals surface area (Å²) in [6.07, 6.45) is 4.57. The second-order valence-corrected chi connectivity index (χ2v) is 6.15. The molecular formula is C15H22N2O3. The first-order valence-corrected chi connectivity index (χ1v) is 6.49. The Morgan fingerprint density at radius 1 is 1.15 bits per heavy atom. The van der Waals surface area contributed by atoms with Crippen molar-refractivity contribution in [3.63, 3.8) is 0 Å². The Labute approximate surface area is 119 Å². The summed E-state index contributed by atoms with van der Waals surface area (Å²) in [6, 6.07) is 0. The summed E-state index contributed by atoms with van der Waals surface area (Å²) in [6.45, 7) is 10.4. The monoisotopic (exact) mass is 278 g/mol. The van der Waals surface area contributed by atoms with Crippen molar-refractivity contribution in [1.29, 1.82) is 0 Å². The van der Waals surface area contributed by atoms with Gasteiger partial charge in [-0.2, -0.15) is 4.91 Å². The number of hydroxylamine groups is 2. The highest BCUT2D eigenvalue weighted by Gasteiger charge is 2.42. The van der Waals surface area contributed by atoms with Crippen molar-refractivity contribution in [2.75, 3.05) is 0 Å². The number of carbonyl (C=O) groups is 1. The Morgan fingerprint density at radius 2 is 1.60 bits per heavy atom. The molecule has 20 heavy (non-hydrogen) atoms. The molecule has 110 valence electrons. The van der Waals surface area contributed by atoms with Crippen LogP contribution < -0.4 is 0 Å². The number of hydrogen-bond donors (Lipinski definition) is 1. The standard InChI is InChI=1S/C15H22N2O3/c1-10-7-12(18)8-11(2)13(10)9-17(20)15(5,6)14(3,4)16-19/h7-9,20H,1-6H3. The van der Waals surface area contributed by atoms with Gasteiger partial charge in [-0.05, 0) is 70.4 Å². The number of carbonyl (C=O) groups excluding carboxylic acids is 1. The van der Waals surface area contributed by atoms with Crippen LogP contribution in [0.5, 0.6) is 0 Å². The quantitative estimate of drug-likeness (QED) is 0.632. The largest absolute Gasteiger partial charge is 0.290 e. The number of ketones is 1. The van der Waals surface area contributed by atoms with E-state index in [1.54, 1.807) is 27.7 Å². The van der Waals surface area contributed by atoms with Crippen LogP contribution in [0.3, 0.4) is 0 Å². The van der Waals surface area contributed by atoms with Gasteiger partial charge in [0, 0.05) is 6.20 Å². The molecule has 0 atom stereocenters. The van der Waals surface area contributed by atoms with E-state index in [1.165, 1.54) is 18.4 Å². The van der Waals surface area contributed by atoms with Crippen molar-refractivity contribution < 1.29 is 10.0 Å². The zero-order valence-electron chi connectivity index (χ0n) is 12.9. The van der Waals surface area contributed by atoms with E-state index in [0.717, 1.165) is 21.8 Å². The number of nitrogens with zero attached hydrogens (tertiary/aromatic N) is 2. The molecule has 0 radical (unpaired) electrons. The van der Waals surface area contributed by atoms with Gasteiger partial charge < -0.3 is 0 Å². The lowest BCUT2D eigenvalue weighted by molar-refractivity contribution is -0.139. The zero-order chi connectivity index (χ0) is 15.7. The van der Waals surface area contributed by atoms with E-state index in [9.17, 15) is 14.9 Å². The van der Waals surface area contributed by atoms with Gasteiger partial charge in [0.25, 0.3) is 0 Å². The lowest BCUT2D eigenvalue weighted by atomic mass is 9.83. The number of rotatable bonds is 4. The molecule has 1 N–H and O–H groups in total. The molecule has 0 heterocycles. The Morgan fingerprint density at radius 3 is 2.00 bits per heavy atom. The molecule has 0 aromatic heterocycles. The van der Waals surface area contributed by atoms with Crippen molar-refractivity contribution in [3.05, 3.63) is 40.0 Å². The third-order valence-electron chi connectivity index (χ3n) is 4.12. The minimum atomic E-state index is -0.974. The predicted molar refractivity (Wildman–Crippen MR) is 78.2 cm³/mol. The lowest BCUT2D eigenvalue weighted by Gasteiger charge is -2.41. The Balaban J connectivity index is 3.17. The molecule has 0 aliphatic heterocycles.